The molecule has 0 radical (unpaired) electrons. The quantitative estimate of drug-likeness (QED) is 0.485. The van der Waals surface area contributed by atoms with Gasteiger partial charge in [-0.25, -0.2) is 0 Å². The Balaban J connectivity index is 1.68. The number of carbonyl (C=O) groups is 2. The highest BCUT2D eigenvalue weighted by molar-refractivity contribution is 6.11. The fraction of sp³-hybridized carbons (Fsp3) is 0.333. The largest absolute Gasteiger partial charge is 0.573 e. The van der Waals surface area contributed by atoms with Gasteiger partial charge in [0.25, 0.3) is 5.91 Å². The number of rotatable bonds is 5. The summed E-state index contributed by atoms with van der Waals surface area (Å²) in [5.41, 5.74) is 4.38. The Kier molecular flexibility index (Phi) is 5.81. The molecule has 188 valence electrons. The summed E-state index contributed by atoms with van der Waals surface area (Å²) in [6.45, 7) is 6.55. The van der Waals surface area contributed by atoms with Crippen molar-refractivity contribution in [3.8, 4) is 5.75 Å². The second-order valence-corrected chi connectivity index (χ2v) is 9.64. The van der Waals surface area contributed by atoms with Gasteiger partial charge in [-0.05, 0) is 47.7 Å². The summed E-state index contributed by atoms with van der Waals surface area (Å²) in [5, 5.41) is 4.36. The molecule has 2 amide bonds. The number of alkyl halides is 3. The minimum Gasteiger partial charge on any atom is -0.406 e. The van der Waals surface area contributed by atoms with E-state index in [-0.39, 0.29) is 18.2 Å². The number of nitrogens with one attached hydrogen (secondary N) is 1. The van der Waals surface area contributed by atoms with Gasteiger partial charge in [0.15, 0.2) is 0 Å². The molecule has 0 spiro atoms. The number of ether oxygens (including phenoxy) is 1. The number of anilines is 1. The van der Waals surface area contributed by atoms with Crippen LogP contribution in [0.4, 0.5) is 18.9 Å². The van der Waals surface area contributed by atoms with Gasteiger partial charge in [-0.3, -0.25) is 14.5 Å². The van der Waals surface area contributed by atoms with E-state index < -0.39 is 18.2 Å². The van der Waals surface area contributed by atoms with Gasteiger partial charge in [-0.2, -0.15) is 0 Å². The van der Waals surface area contributed by atoms with Crippen molar-refractivity contribution < 1.29 is 27.5 Å². The Morgan fingerprint density at radius 1 is 1.17 bits per heavy atom. The lowest BCUT2D eigenvalue weighted by Crippen LogP contribution is -2.33. The maximum Gasteiger partial charge on any atom is 0.573 e. The molecule has 36 heavy (non-hydrogen) atoms. The van der Waals surface area contributed by atoms with Gasteiger partial charge >= 0.3 is 6.36 Å². The summed E-state index contributed by atoms with van der Waals surface area (Å²) in [7, 11) is 0. The number of carbonyl (C=O) groups excluding carboxylic acids is 2. The zero-order valence-electron chi connectivity index (χ0n) is 20.1. The molecule has 1 unspecified atom stereocenters. The molecular formula is C27H26F3N3O3. The molecule has 9 heteroatoms. The van der Waals surface area contributed by atoms with Gasteiger partial charge < -0.3 is 14.6 Å². The number of nitrogens with zero attached hydrogens (tertiary/aromatic N) is 2. The summed E-state index contributed by atoms with van der Waals surface area (Å²) >= 11 is 0. The van der Waals surface area contributed by atoms with Crippen LogP contribution in [-0.2, 0) is 16.1 Å². The number of imide groups is 1. The molecule has 6 nitrogen and oxygen atoms in total. The molecule has 1 N–H and O–H groups in total. The lowest BCUT2D eigenvalue weighted by atomic mass is 9.84. The van der Waals surface area contributed by atoms with Gasteiger partial charge in [0.1, 0.15) is 5.75 Å². The molecule has 1 aromatic heterocycles. The maximum atomic E-state index is 13.5. The molecule has 2 aromatic carbocycles. The molecule has 2 aliphatic heterocycles. The SMILES string of the molecule is CC(=O)N1CC2=C(C1=O)C(c1ccc(OC(F)(F)F)cc1)c1cn(CCC(C)C)c3cccc(c13)N2. The van der Waals surface area contributed by atoms with Crippen molar-refractivity contribution in [3.63, 3.8) is 0 Å². The molecule has 0 fully saturated rings. The van der Waals surface area contributed by atoms with E-state index in [9.17, 15) is 22.8 Å². The first kappa shape index (κ1) is 24.0. The minimum atomic E-state index is -4.80. The summed E-state index contributed by atoms with van der Waals surface area (Å²) in [6, 6.07) is 11.5. The molecule has 0 bridgehead atoms. The molecule has 3 heterocycles. The molecule has 0 saturated heterocycles. The highest BCUT2D eigenvalue weighted by atomic mass is 19.4. The average molecular weight is 498 g/mol. The minimum absolute atomic E-state index is 0.114. The van der Waals surface area contributed by atoms with Crippen LogP contribution in [0.5, 0.6) is 5.75 Å². The third kappa shape index (κ3) is 4.23. The number of aromatic nitrogens is 1. The molecule has 0 aliphatic carbocycles. The van der Waals surface area contributed by atoms with Gasteiger partial charge in [0.05, 0.1) is 17.6 Å². The Morgan fingerprint density at radius 2 is 1.89 bits per heavy atom. The fourth-order valence-corrected chi connectivity index (χ4v) is 5.06. The van der Waals surface area contributed by atoms with Crippen LogP contribution in [0.2, 0.25) is 0 Å². The predicted molar refractivity (Wildman–Crippen MR) is 129 cm³/mol. The number of aryl methyl sites for hydroxylation is 1. The topological polar surface area (TPSA) is 63.6 Å². The van der Waals surface area contributed by atoms with Crippen molar-refractivity contribution in [2.75, 3.05) is 11.9 Å². The van der Waals surface area contributed by atoms with Crippen LogP contribution in [-0.4, -0.2) is 34.2 Å². The number of halogens is 3. The van der Waals surface area contributed by atoms with Gasteiger partial charge in [-0.1, -0.05) is 32.0 Å². The normalized spacial score (nSPS) is 17.5. The lowest BCUT2D eigenvalue weighted by Gasteiger charge is -2.20. The van der Waals surface area contributed by atoms with Crippen LogP contribution < -0.4 is 10.1 Å². The van der Waals surface area contributed by atoms with Gasteiger partial charge in [0, 0.05) is 42.4 Å². The summed E-state index contributed by atoms with van der Waals surface area (Å²) in [6.07, 6.45) is -1.81. The summed E-state index contributed by atoms with van der Waals surface area (Å²) in [5.74, 6) is -1.19. The first-order valence-corrected chi connectivity index (χ1v) is 11.8. The molecule has 5 rings (SSSR count). The maximum absolute atomic E-state index is 13.5. The number of hydrogen-bond donors (Lipinski definition) is 1. The van der Waals surface area contributed by atoms with Crippen LogP contribution in [0.3, 0.4) is 0 Å². The smallest absolute Gasteiger partial charge is 0.406 e. The standard InChI is InChI=1S/C27H26F3N3O3/c1-15(2)11-12-32-13-19-23(17-7-9-18(10-8-17)36-27(28,29)30)25-21(14-33(16(3)34)26(25)35)31-20-5-4-6-22(32)24(19)20/h4-10,13,15,23,31H,11-12,14H2,1-3H3. The summed E-state index contributed by atoms with van der Waals surface area (Å²) < 4.78 is 44.4. The number of hydrogen-bond acceptors (Lipinski definition) is 4. The van der Waals surface area contributed by atoms with Gasteiger partial charge in [0.2, 0.25) is 5.91 Å². The van der Waals surface area contributed by atoms with Gasteiger partial charge in [-0.15, -0.1) is 13.2 Å². The van der Waals surface area contributed by atoms with E-state index in [4.69, 9.17) is 0 Å². The number of benzene rings is 2. The Hall–Kier alpha value is -3.75. The average Bonchev–Trinajstić information content (AvgIpc) is 3.27. The molecular weight excluding hydrogens is 471 g/mol. The van der Waals surface area contributed by atoms with E-state index in [1.807, 2.05) is 24.4 Å². The second-order valence-electron chi connectivity index (χ2n) is 9.64. The van der Waals surface area contributed by atoms with E-state index in [0.717, 1.165) is 35.1 Å². The second kappa shape index (κ2) is 8.72. The van der Waals surface area contributed by atoms with Crippen LogP contribution in [0.15, 0.2) is 59.9 Å². The van der Waals surface area contributed by atoms with Crippen LogP contribution in [0.1, 0.15) is 44.2 Å². The first-order valence-electron chi connectivity index (χ1n) is 11.8. The number of amides is 2. The van der Waals surface area contributed by atoms with Crippen molar-refractivity contribution in [3.05, 3.63) is 71.1 Å². The van der Waals surface area contributed by atoms with Crippen molar-refractivity contribution in [1.82, 2.24) is 9.47 Å². The van der Waals surface area contributed by atoms with Crippen molar-refractivity contribution >= 4 is 28.4 Å². The van der Waals surface area contributed by atoms with Crippen LogP contribution >= 0.6 is 0 Å². The molecule has 0 saturated carbocycles. The Labute approximate surface area is 206 Å². The first-order chi connectivity index (χ1) is 17.0. The van der Waals surface area contributed by atoms with E-state index in [1.54, 1.807) is 12.1 Å². The predicted octanol–water partition coefficient (Wildman–Crippen LogP) is 5.79. The fourth-order valence-electron chi connectivity index (χ4n) is 5.06. The molecule has 3 aromatic rings. The van der Waals surface area contributed by atoms with E-state index in [1.165, 1.54) is 24.0 Å². The third-order valence-corrected chi connectivity index (χ3v) is 6.71. The van der Waals surface area contributed by atoms with Crippen LogP contribution in [0, 0.1) is 5.92 Å². The van der Waals surface area contributed by atoms with Crippen LogP contribution in [0.25, 0.3) is 10.9 Å². The van der Waals surface area contributed by atoms with E-state index in [2.05, 4.69) is 28.5 Å². The monoisotopic (exact) mass is 497 g/mol. The zero-order valence-corrected chi connectivity index (χ0v) is 20.1. The third-order valence-electron chi connectivity index (χ3n) is 6.71. The van der Waals surface area contributed by atoms with Crippen molar-refractivity contribution in [2.45, 2.75) is 46.0 Å². The highest BCUT2D eigenvalue weighted by Crippen LogP contribution is 2.46. The Morgan fingerprint density at radius 3 is 2.53 bits per heavy atom. The highest BCUT2D eigenvalue weighted by Gasteiger charge is 2.41. The van der Waals surface area contributed by atoms with E-state index >= 15 is 0 Å². The molecule has 1 atom stereocenters. The Bertz CT molecular complexity index is 1390. The van der Waals surface area contributed by atoms with E-state index in [0.29, 0.717) is 22.8 Å². The van der Waals surface area contributed by atoms with Crippen molar-refractivity contribution in [2.24, 2.45) is 5.92 Å². The molecule has 2 aliphatic rings. The summed E-state index contributed by atoms with van der Waals surface area (Å²) in [4.78, 5) is 26.9. The lowest BCUT2D eigenvalue weighted by molar-refractivity contribution is -0.274. The van der Waals surface area contributed by atoms with Crippen molar-refractivity contribution in [1.29, 1.82) is 0 Å². The zero-order chi connectivity index (χ0) is 25.8.